The first-order valence-corrected chi connectivity index (χ1v) is 37.0. The molecular weight excluding hydrogens is 953 g/mol. The van der Waals surface area contributed by atoms with Crippen molar-refractivity contribution >= 4 is 11.9 Å². The first-order chi connectivity index (χ1) is 38.5. The number of hydrogen-bond donors (Lipinski definition) is 2. The summed E-state index contributed by atoms with van der Waals surface area (Å²) in [6.07, 6.45) is 96.8. The highest BCUT2D eigenvalue weighted by Crippen LogP contribution is 2.20. The first-order valence-electron chi connectivity index (χ1n) is 37.0. The van der Waals surface area contributed by atoms with Gasteiger partial charge in [-0.3, -0.25) is 9.59 Å². The standard InChI is InChI=1S/2C37H74O2/c2*1-2-3-4-5-6-7-8-9-10-11-12-13-14-15-16-17-18-19-20-21-22-23-24-25-26-27-28-29-30-31-32-33-34-35-36-37(38)39/h2*2-36H2,1H3,(H,38,39). The van der Waals surface area contributed by atoms with Crippen molar-refractivity contribution < 1.29 is 19.8 Å². The van der Waals surface area contributed by atoms with Crippen molar-refractivity contribution in [1.82, 2.24) is 0 Å². The van der Waals surface area contributed by atoms with Gasteiger partial charge < -0.3 is 10.2 Å². The van der Waals surface area contributed by atoms with Crippen LogP contribution in [0.3, 0.4) is 0 Å². The molecule has 468 valence electrons. The van der Waals surface area contributed by atoms with Crippen molar-refractivity contribution in [3.63, 3.8) is 0 Å². The second-order valence-corrected chi connectivity index (χ2v) is 25.6. The fourth-order valence-electron chi connectivity index (χ4n) is 12.0. The summed E-state index contributed by atoms with van der Waals surface area (Å²) in [4.78, 5) is 20.9. The molecule has 78 heavy (non-hydrogen) atoms. The van der Waals surface area contributed by atoms with Crippen LogP contribution in [0.1, 0.15) is 463 Å². The van der Waals surface area contributed by atoms with E-state index in [4.69, 9.17) is 10.2 Å². The Hall–Kier alpha value is -1.06. The Morgan fingerprint density at radius 2 is 0.231 bits per heavy atom. The second kappa shape index (κ2) is 75.9. The maximum atomic E-state index is 10.5. The van der Waals surface area contributed by atoms with Crippen molar-refractivity contribution in [2.24, 2.45) is 0 Å². The number of unbranched alkanes of at least 4 members (excludes halogenated alkanes) is 66. The molecule has 2 N–H and O–H groups in total. The predicted octanol–water partition coefficient (Wildman–Crippen LogP) is 27.5. The quantitative estimate of drug-likeness (QED) is 0.0595. The Kier molecular flexibility index (Phi) is 76.9. The molecule has 4 heteroatoms. The van der Waals surface area contributed by atoms with Gasteiger partial charge in [0.25, 0.3) is 0 Å². The van der Waals surface area contributed by atoms with Gasteiger partial charge in [-0.25, -0.2) is 0 Å². The zero-order valence-electron chi connectivity index (χ0n) is 54.2. The van der Waals surface area contributed by atoms with E-state index in [2.05, 4.69) is 13.8 Å². The number of carboxylic acids is 2. The highest BCUT2D eigenvalue weighted by molar-refractivity contribution is 5.66. The minimum Gasteiger partial charge on any atom is -0.481 e. The number of carboxylic acid groups (broad SMARTS) is 2. The summed E-state index contributed by atoms with van der Waals surface area (Å²) in [5.41, 5.74) is 0. The van der Waals surface area contributed by atoms with Crippen LogP contribution in [0.5, 0.6) is 0 Å². The third-order valence-electron chi connectivity index (χ3n) is 17.5. The first kappa shape index (κ1) is 79.0. The topological polar surface area (TPSA) is 74.6 Å². The average molecular weight is 1100 g/mol. The minimum absolute atomic E-state index is 0.347. The van der Waals surface area contributed by atoms with Gasteiger partial charge in [-0.15, -0.1) is 0 Å². The summed E-state index contributed by atoms with van der Waals surface area (Å²) in [5.74, 6) is -1.29. The number of carbonyl (C=O) groups is 2. The summed E-state index contributed by atoms with van der Waals surface area (Å²) in [7, 11) is 0. The monoisotopic (exact) mass is 1100 g/mol. The molecule has 0 aromatic heterocycles. The Morgan fingerprint density at radius 3 is 0.308 bits per heavy atom. The van der Waals surface area contributed by atoms with E-state index in [-0.39, 0.29) is 0 Å². The van der Waals surface area contributed by atoms with Crippen molar-refractivity contribution in [3.8, 4) is 0 Å². The van der Waals surface area contributed by atoms with Crippen molar-refractivity contribution in [1.29, 1.82) is 0 Å². The van der Waals surface area contributed by atoms with E-state index in [9.17, 15) is 9.59 Å². The van der Waals surface area contributed by atoms with Gasteiger partial charge in [-0.1, -0.05) is 438 Å². The summed E-state index contributed by atoms with van der Waals surface area (Å²) >= 11 is 0. The molecule has 0 saturated heterocycles. The van der Waals surface area contributed by atoms with Crippen molar-refractivity contribution in [3.05, 3.63) is 0 Å². The fourth-order valence-corrected chi connectivity index (χ4v) is 12.0. The van der Waals surface area contributed by atoms with Crippen LogP contribution in [0.4, 0.5) is 0 Å². The van der Waals surface area contributed by atoms with Crippen LogP contribution in [0.2, 0.25) is 0 Å². The van der Waals surface area contributed by atoms with Crippen LogP contribution in [0, 0.1) is 0 Å². The SMILES string of the molecule is CCCCCCCCCCCCCCCCCCCCCCCCCCCCCCCCCCCCC(=O)O.CCCCCCCCCCCCCCCCCCCCCCCCCCCCCCCCCCCCC(=O)O. The van der Waals surface area contributed by atoms with Crippen molar-refractivity contribution in [2.75, 3.05) is 0 Å². The number of rotatable bonds is 70. The van der Waals surface area contributed by atoms with Gasteiger partial charge in [0.1, 0.15) is 0 Å². The van der Waals surface area contributed by atoms with Gasteiger partial charge in [0, 0.05) is 12.8 Å². The Bertz CT molecular complexity index is 975. The van der Waals surface area contributed by atoms with Crippen LogP contribution < -0.4 is 0 Å². The van der Waals surface area contributed by atoms with Gasteiger partial charge in [-0.2, -0.15) is 0 Å². The third kappa shape index (κ3) is 81.4. The maximum Gasteiger partial charge on any atom is 0.303 e. The van der Waals surface area contributed by atoms with E-state index >= 15 is 0 Å². The lowest BCUT2D eigenvalue weighted by molar-refractivity contribution is -0.138. The summed E-state index contributed by atoms with van der Waals surface area (Å²) < 4.78 is 0. The van der Waals surface area contributed by atoms with Crippen molar-refractivity contribution in [2.45, 2.75) is 463 Å². The molecule has 0 aliphatic heterocycles. The third-order valence-corrected chi connectivity index (χ3v) is 17.5. The number of hydrogen-bond acceptors (Lipinski definition) is 2. The van der Waals surface area contributed by atoms with E-state index in [1.54, 1.807) is 0 Å². The van der Waals surface area contributed by atoms with E-state index < -0.39 is 11.9 Å². The predicted molar refractivity (Wildman–Crippen MR) is 350 cm³/mol. The fraction of sp³-hybridized carbons (Fsp3) is 0.973. The lowest BCUT2D eigenvalue weighted by Gasteiger charge is -2.05. The van der Waals surface area contributed by atoms with Gasteiger partial charge in [0.2, 0.25) is 0 Å². The normalized spacial score (nSPS) is 11.4. The molecule has 0 rings (SSSR count). The molecule has 0 amide bonds. The van der Waals surface area contributed by atoms with Gasteiger partial charge in [0.05, 0.1) is 0 Å². The van der Waals surface area contributed by atoms with Crippen LogP contribution >= 0.6 is 0 Å². The van der Waals surface area contributed by atoms with E-state index in [1.807, 2.05) is 0 Å². The lowest BCUT2D eigenvalue weighted by atomic mass is 10.0. The van der Waals surface area contributed by atoms with Crippen LogP contribution in [0.15, 0.2) is 0 Å². The Morgan fingerprint density at radius 1 is 0.154 bits per heavy atom. The van der Waals surface area contributed by atoms with Crippen LogP contribution in [-0.2, 0) is 9.59 Å². The molecule has 4 nitrogen and oxygen atoms in total. The maximum absolute atomic E-state index is 10.5. The molecule has 0 spiro atoms. The molecule has 0 saturated carbocycles. The lowest BCUT2D eigenvalue weighted by Crippen LogP contribution is -1.93. The second-order valence-electron chi connectivity index (χ2n) is 25.6. The van der Waals surface area contributed by atoms with E-state index in [1.165, 1.54) is 411 Å². The Balaban J connectivity index is 0. The van der Waals surface area contributed by atoms with E-state index in [0.717, 1.165) is 25.7 Å². The van der Waals surface area contributed by atoms with Gasteiger partial charge in [0.15, 0.2) is 0 Å². The van der Waals surface area contributed by atoms with Crippen LogP contribution in [0.25, 0.3) is 0 Å². The molecule has 0 aromatic carbocycles. The molecule has 0 heterocycles. The van der Waals surface area contributed by atoms with E-state index in [0.29, 0.717) is 12.8 Å². The molecule has 0 bridgehead atoms. The summed E-state index contributed by atoms with van der Waals surface area (Å²) in [5, 5.41) is 17.3. The highest BCUT2D eigenvalue weighted by atomic mass is 16.4. The molecule has 0 aliphatic rings. The molecule has 0 aromatic rings. The Labute approximate surface area is 492 Å². The molecule has 0 aliphatic carbocycles. The highest BCUT2D eigenvalue weighted by Gasteiger charge is 2.02. The zero-order chi connectivity index (χ0) is 56.7. The molecule has 0 unspecified atom stereocenters. The zero-order valence-corrected chi connectivity index (χ0v) is 54.2. The summed E-state index contributed by atoms with van der Waals surface area (Å²) in [6, 6.07) is 0. The molecule has 0 fully saturated rings. The van der Waals surface area contributed by atoms with Crippen LogP contribution in [-0.4, -0.2) is 22.2 Å². The number of aliphatic carboxylic acids is 2. The molecule has 0 atom stereocenters. The largest absolute Gasteiger partial charge is 0.481 e. The molecule has 0 radical (unpaired) electrons. The van der Waals surface area contributed by atoms with Gasteiger partial charge in [-0.05, 0) is 12.8 Å². The van der Waals surface area contributed by atoms with Gasteiger partial charge >= 0.3 is 11.9 Å². The minimum atomic E-state index is -0.647. The average Bonchev–Trinajstić information content (AvgIpc) is 3.43. The smallest absolute Gasteiger partial charge is 0.303 e. The summed E-state index contributed by atoms with van der Waals surface area (Å²) in [6.45, 7) is 4.61. The molecular formula is C74H148O4.